The molecule has 0 amide bonds. The summed E-state index contributed by atoms with van der Waals surface area (Å²) in [6, 6.07) is 13.8. The lowest BCUT2D eigenvalue weighted by molar-refractivity contribution is 0.0888. The zero-order valence-corrected chi connectivity index (χ0v) is 22.0. The maximum Gasteiger partial charge on any atom is 0.132 e. The number of aromatic nitrogens is 3. The Hall–Kier alpha value is -1.92. The molecule has 2 aromatic carbocycles. The summed E-state index contributed by atoms with van der Waals surface area (Å²) in [6.45, 7) is 4.59. The Balaban J connectivity index is 1.59. The van der Waals surface area contributed by atoms with Crippen LogP contribution >= 0.6 is 34.2 Å². The highest BCUT2D eigenvalue weighted by Crippen LogP contribution is 2.35. The number of nitrogens with zero attached hydrogens (tertiary/aromatic N) is 3. The molecule has 0 aliphatic carbocycles. The number of alkyl halides is 1. The lowest BCUT2D eigenvalue weighted by atomic mass is 9.78. The molecule has 0 aliphatic heterocycles. The van der Waals surface area contributed by atoms with Gasteiger partial charge >= 0.3 is 0 Å². The molecule has 3 N–H and O–H groups in total. The Morgan fingerprint density at radius 2 is 1.71 bits per heavy atom. The maximum absolute atomic E-state index is 10.2. The Bertz CT molecular complexity index is 1060. The topological polar surface area (TPSA) is 110 Å². The van der Waals surface area contributed by atoms with Gasteiger partial charge in [-0.15, -0.1) is 16.7 Å². The van der Waals surface area contributed by atoms with Crippen molar-refractivity contribution in [1.82, 2.24) is 15.0 Å². The normalized spacial score (nSPS) is 13.5. The van der Waals surface area contributed by atoms with Crippen LogP contribution in [0.2, 0.25) is 0 Å². The minimum Gasteiger partial charge on any atom is -0.491 e. The van der Waals surface area contributed by atoms with Crippen molar-refractivity contribution in [1.29, 1.82) is 0 Å². The number of ether oxygens (including phenoxy) is 2. The zero-order valence-electron chi connectivity index (χ0n) is 19.1. The van der Waals surface area contributed by atoms with Gasteiger partial charge in [-0.3, -0.25) is 0 Å². The van der Waals surface area contributed by atoms with Crippen LogP contribution in [0.4, 0.5) is 0 Å². The molecule has 1 heterocycles. The highest BCUT2D eigenvalue weighted by Gasteiger charge is 2.24. The Labute approximate surface area is 217 Å². The number of rotatable bonds is 12. The van der Waals surface area contributed by atoms with E-state index in [1.165, 1.54) is 4.68 Å². The van der Waals surface area contributed by atoms with Crippen molar-refractivity contribution in [3.05, 3.63) is 69.1 Å². The van der Waals surface area contributed by atoms with Gasteiger partial charge < -0.3 is 24.8 Å². The van der Waals surface area contributed by atoms with E-state index in [0.29, 0.717) is 17.2 Å². The van der Waals surface area contributed by atoms with Gasteiger partial charge in [0.05, 0.1) is 28.8 Å². The van der Waals surface area contributed by atoms with Gasteiger partial charge in [-0.1, -0.05) is 37.3 Å². The zero-order chi connectivity index (χ0) is 24.7. The van der Waals surface area contributed by atoms with E-state index in [1.54, 1.807) is 6.20 Å². The maximum atomic E-state index is 10.2. The largest absolute Gasteiger partial charge is 0.491 e. The van der Waals surface area contributed by atoms with Crippen molar-refractivity contribution < 1.29 is 24.8 Å². The van der Waals surface area contributed by atoms with Crippen molar-refractivity contribution in [3.63, 3.8) is 0 Å². The quantitative estimate of drug-likeness (QED) is 0.216. The van der Waals surface area contributed by atoms with E-state index in [4.69, 9.17) is 26.2 Å². The molecule has 0 radical (unpaired) electrons. The lowest BCUT2D eigenvalue weighted by Gasteiger charge is -2.27. The van der Waals surface area contributed by atoms with E-state index in [1.807, 2.05) is 36.4 Å². The number of aliphatic hydroxyl groups is 3. The van der Waals surface area contributed by atoms with Crippen molar-refractivity contribution in [3.8, 4) is 11.5 Å². The number of aliphatic hydroxyl groups excluding tert-OH is 3. The molecule has 34 heavy (non-hydrogen) atoms. The SMILES string of the molecule is CC(C)(c1ccc(OCC(O)Cn2cc(CO)nn2)cc1)c1ccc(OCC(O)CCl)c(I)c1. The van der Waals surface area contributed by atoms with E-state index in [-0.39, 0.29) is 37.7 Å². The van der Waals surface area contributed by atoms with Crippen molar-refractivity contribution in [2.24, 2.45) is 0 Å². The van der Waals surface area contributed by atoms with Gasteiger partial charge in [0, 0.05) is 5.41 Å². The van der Waals surface area contributed by atoms with Gasteiger partial charge in [0.2, 0.25) is 0 Å². The summed E-state index contributed by atoms with van der Waals surface area (Å²) >= 11 is 7.86. The van der Waals surface area contributed by atoms with Crippen LogP contribution < -0.4 is 9.47 Å². The molecule has 0 bridgehead atoms. The average Bonchev–Trinajstić information content (AvgIpc) is 3.29. The lowest BCUT2D eigenvalue weighted by Crippen LogP contribution is -2.24. The molecule has 3 aromatic rings. The second-order valence-electron chi connectivity index (χ2n) is 8.47. The van der Waals surface area contributed by atoms with Crippen LogP contribution in [0.25, 0.3) is 0 Å². The van der Waals surface area contributed by atoms with E-state index in [9.17, 15) is 10.2 Å². The Kier molecular flexibility index (Phi) is 9.55. The molecule has 8 nitrogen and oxygen atoms in total. The summed E-state index contributed by atoms with van der Waals surface area (Å²) in [5.74, 6) is 1.50. The molecular weight excluding hydrogens is 573 g/mol. The molecule has 184 valence electrons. The molecule has 0 spiro atoms. The molecule has 0 fully saturated rings. The van der Waals surface area contributed by atoms with Gasteiger partial charge in [0.25, 0.3) is 0 Å². The number of hydrogen-bond donors (Lipinski definition) is 3. The van der Waals surface area contributed by atoms with Crippen LogP contribution in [0.15, 0.2) is 48.7 Å². The third-order valence-electron chi connectivity index (χ3n) is 5.43. The summed E-state index contributed by atoms with van der Waals surface area (Å²) in [6.07, 6.45) is 0.123. The fourth-order valence-corrected chi connectivity index (χ4v) is 4.09. The van der Waals surface area contributed by atoms with E-state index >= 15 is 0 Å². The minimum absolute atomic E-state index is 0.106. The molecular formula is C24H29ClIN3O5. The summed E-state index contributed by atoms with van der Waals surface area (Å²) in [7, 11) is 0. The summed E-state index contributed by atoms with van der Waals surface area (Å²) in [5.41, 5.74) is 2.43. The van der Waals surface area contributed by atoms with Crippen molar-refractivity contribution in [2.75, 3.05) is 19.1 Å². The number of halogens is 2. The highest BCUT2D eigenvalue weighted by molar-refractivity contribution is 14.1. The van der Waals surface area contributed by atoms with Crippen LogP contribution in [-0.2, 0) is 18.6 Å². The molecule has 10 heteroatoms. The Morgan fingerprint density at radius 3 is 2.32 bits per heavy atom. The average molecular weight is 602 g/mol. The van der Waals surface area contributed by atoms with E-state index < -0.39 is 12.2 Å². The predicted octanol–water partition coefficient (Wildman–Crippen LogP) is 3.12. The molecule has 0 aliphatic rings. The molecule has 2 unspecified atom stereocenters. The Morgan fingerprint density at radius 1 is 1.03 bits per heavy atom. The second kappa shape index (κ2) is 12.2. The van der Waals surface area contributed by atoms with Gasteiger partial charge in [0.1, 0.15) is 42.6 Å². The second-order valence-corrected chi connectivity index (χ2v) is 9.94. The standard InChI is InChI=1S/C24H29ClIN3O5/c1-24(2,17-5-8-23(22(26)9-17)34-14-19(31)10-25)16-3-6-21(7-4-16)33-15-20(32)12-29-11-18(13-30)27-28-29/h3-9,11,19-20,30-32H,10,12-15H2,1-2H3. The number of hydrogen-bond acceptors (Lipinski definition) is 7. The number of benzene rings is 2. The van der Waals surface area contributed by atoms with Crippen LogP contribution in [0.1, 0.15) is 30.7 Å². The van der Waals surface area contributed by atoms with Crippen LogP contribution in [-0.4, -0.2) is 61.6 Å². The first kappa shape index (κ1) is 26.7. The molecule has 0 saturated heterocycles. The highest BCUT2D eigenvalue weighted by atomic mass is 127. The van der Waals surface area contributed by atoms with Gasteiger partial charge in [0.15, 0.2) is 0 Å². The molecule has 0 saturated carbocycles. The van der Waals surface area contributed by atoms with Crippen LogP contribution in [0, 0.1) is 3.57 Å². The van der Waals surface area contributed by atoms with Crippen molar-refractivity contribution in [2.45, 2.75) is 44.6 Å². The summed E-state index contributed by atoms with van der Waals surface area (Å²) in [4.78, 5) is 0. The first-order valence-electron chi connectivity index (χ1n) is 10.8. The van der Waals surface area contributed by atoms with Gasteiger partial charge in [-0.25, -0.2) is 4.68 Å². The fourth-order valence-electron chi connectivity index (χ4n) is 3.33. The van der Waals surface area contributed by atoms with E-state index in [0.717, 1.165) is 14.7 Å². The van der Waals surface area contributed by atoms with Gasteiger partial charge in [-0.2, -0.15) is 0 Å². The fraction of sp³-hybridized carbons (Fsp3) is 0.417. The van der Waals surface area contributed by atoms with Crippen LogP contribution in [0.3, 0.4) is 0 Å². The minimum atomic E-state index is -0.766. The van der Waals surface area contributed by atoms with Gasteiger partial charge in [-0.05, 0) is 58.0 Å². The monoisotopic (exact) mass is 601 g/mol. The van der Waals surface area contributed by atoms with E-state index in [2.05, 4.69) is 52.8 Å². The van der Waals surface area contributed by atoms with Crippen LogP contribution in [0.5, 0.6) is 11.5 Å². The molecule has 3 rings (SSSR count). The third kappa shape index (κ3) is 7.05. The summed E-state index contributed by atoms with van der Waals surface area (Å²) < 4.78 is 13.8. The predicted molar refractivity (Wildman–Crippen MR) is 137 cm³/mol. The molecule has 2 atom stereocenters. The van der Waals surface area contributed by atoms with Crippen molar-refractivity contribution >= 4 is 34.2 Å². The first-order chi connectivity index (χ1) is 16.2. The first-order valence-corrected chi connectivity index (χ1v) is 12.4. The third-order valence-corrected chi connectivity index (χ3v) is 6.63. The molecule has 1 aromatic heterocycles. The summed E-state index contributed by atoms with van der Waals surface area (Å²) in [5, 5.41) is 36.5. The smallest absolute Gasteiger partial charge is 0.132 e.